The molecule has 0 aromatic carbocycles. The average molecular weight is 225 g/mol. The minimum absolute atomic E-state index is 0.0738. The minimum atomic E-state index is -0.376. The lowest BCUT2D eigenvalue weighted by Gasteiger charge is -2.28. The maximum absolute atomic E-state index is 11.1. The number of amides is 1. The van der Waals surface area contributed by atoms with Crippen LogP contribution in [0.2, 0.25) is 0 Å². The minimum Gasteiger partial charge on any atom is -0.450 e. The van der Waals surface area contributed by atoms with E-state index in [0.29, 0.717) is 13.2 Å². The van der Waals surface area contributed by atoms with Crippen LogP contribution < -0.4 is 10.2 Å². The highest BCUT2D eigenvalue weighted by atomic mass is 16.5. The van der Waals surface area contributed by atoms with Gasteiger partial charge >= 0.3 is 6.09 Å². The van der Waals surface area contributed by atoms with Crippen molar-refractivity contribution in [2.75, 3.05) is 26.2 Å². The summed E-state index contributed by atoms with van der Waals surface area (Å²) in [6, 6.07) is 0.0738. The summed E-state index contributed by atoms with van der Waals surface area (Å²) >= 11 is 0. The molecule has 1 heterocycles. The quantitative estimate of drug-likeness (QED) is 0.651. The fourth-order valence-corrected chi connectivity index (χ4v) is 2.04. The first-order valence-corrected chi connectivity index (χ1v) is 5.99. The van der Waals surface area contributed by atoms with Gasteiger partial charge in [-0.15, -0.1) is 6.42 Å². The van der Waals surface area contributed by atoms with E-state index in [1.807, 2.05) is 0 Å². The van der Waals surface area contributed by atoms with Gasteiger partial charge in [-0.05, 0) is 32.1 Å². The van der Waals surface area contributed by atoms with Gasteiger partial charge in [0, 0.05) is 0 Å². The Bertz CT molecular complexity index is 254. The van der Waals surface area contributed by atoms with Crippen LogP contribution in [0.4, 0.5) is 4.79 Å². The second kappa shape index (κ2) is 7.13. The summed E-state index contributed by atoms with van der Waals surface area (Å²) in [7, 11) is 0. The molecule has 1 aliphatic rings. The van der Waals surface area contributed by atoms with Crippen LogP contribution in [0.15, 0.2) is 0 Å². The highest BCUT2D eigenvalue weighted by molar-refractivity contribution is 5.67. The first kappa shape index (κ1) is 12.9. The molecule has 0 spiro atoms. The smallest absolute Gasteiger partial charge is 0.407 e. The van der Waals surface area contributed by atoms with Crippen molar-refractivity contribution in [2.24, 2.45) is 0 Å². The van der Waals surface area contributed by atoms with E-state index in [0.717, 1.165) is 13.1 Å². The molecular weight excluding hydrogens is 204 g/mol. The average Bonchev–Trinajstić information content (AvgIpc) is 2.31. The Morgan fingerprint density at radius 1 is 1.50 bits per heavy atom. The number of ether oxygens (including phenoxy) is 1. The van der Waals surface area contributed by atoms with Gasteiger partial charge in [0.15, 0.2) is 6.04 Å². The molecule has 0 aromatic rings. The summed E-state index contributed by atoms with van der Waals surface area (Å²) in [5, 5.41) is 2.71. The third-order valence-electron chi connectivity index (χ3n) is 2.92. The zero-order valence-electron chi connectivity index (χ0n) is 9.92. The van der Waals surface area contributed by atoms with E-state index in [4.69, 9.17) is 11.2 Å². The number of likely N-dealkylation sites (tertiary alicyclic amines) is 1. The highest BCUT2D eigenvalue weighted by Gasteiger charge is 2.22. The molecule has 4 nitrogen and oxygen atoms in total. The first-order chi connectivity index (χ1) is 7.77. The van der Waals surface area contributed by atoms with E-state index in [-0.39, 0.29) is 12.1 Å². The molecule has 1 aliphatic heterocycles. The van der Waals surface area contributed by atoms with Crippen LogP contribution in [0.25, 0.3) is 0 Å². The predicted octanol–water partition coefficient (Wildman–Crippen LogP) is -0.197. The fourth-order valence-electron chi connectivity index (χ4n) is 2.04. The van der Waals surface area contributed by atoms with E-state index in [1.54, 1.807) is 6.92 Å². The molecule has 0 unspecified atom stereocenters. The number of hydrogen-bond donors (Lipinski definition) is 2. The normalized spacial score (nSPS) is 18.5. The summed E-state index contributed by atoms with van der Waals surface area (Å²) in [5.41, 5.74) is 0. The van der Waals surface area contributed by atoms with Gasteiger partial charge in [-0.2, -0.15) is 0 Å². The zero-order valence-corrected chi connectivity index (χ0v) is 9.92. The number of alkyl carbamates (subject to hydrolysis) is 1. The van der Waals surface area contributed by atoms with Gasteiger partial charge in [0.05, 0.1) is 26.2 Å². The molecule has 2 N–H and O–H groups in total. The molecule has 0 radical (unpaired) electrons. The van der Waals surface area contributed by atoms with Crippen molar-refractivity contribution >= 4 is 6.09 Å². The van der Waals surface area contributed by atoms with Gasteiger partial charge < -0.3 is 15.0 Å². The second-order valence-electron chi connectivity index (χ2n) is 4.04. The molecule has 4 heteroatoms. The number of quaternary nitrogens is 1. The summed E-state index contributed by atoms with van der Waals surface area (Å²) in [4.78, 5) is 12.5. The summed E-state index contributed by atoms with van der Waals surface area (Å²) in [6.45, 7) is 4.90. The lowest BCUT2D eigenvalue weighted by molar-refractivity contribution is -0.920. The largest absolute Gasteiger partial charge is 0.450 e. The second-order valence-corrected chi connectivity index (χ2v) is 4.04. The van der Waals surface area contributed by atoms with Crippen molar-refractivity contribution in [1.82, 2.24) is 5.32 Å². The number of hydrogen-bond acceptors (Lipinski definition) is 2. The molecule has 16 heavy (non-hydrogen) atoms. The van der Waals surface area contributed by atoms with Crippen molar-refractivity contribution in [3.05, 3.63) is 0 Å². The third-order valence-corrected chi connectivity index (χ3v) is 2.92. The van der Waals surface area contributed by atoms with Crippen LogP contribution in [0.1, 0.15) is 26.2 Å². The Hall–Kier alpha value is -1.21. The molecule has 1 fully saturated rings. The summed E-state index contributed by atoms with van der Waals surface area (Å²) in [6.07, 6.45) is 8.88. The molecular formula is C12H21N2O2+. The van der Waals surface area contributed by atoms with Crippen LogP contribution in [-0.4, -0.2) is 38.4 Å². The van der Waals surface area contributed by atoms with Crippen LogP contribution in [0.3, 0.4) is 0 Å². The van der Waals surface area contributed by atoms with Crippen molar-refractivity contribution in [3.8, 4) is 12.3 Å². The Morgan fingerprint density at radius 2 is 2.19 bits per heavy atom. The molecule has 1 rings (SSSR count). The first-order valence-electron chi connectivity index (χ1n) is 5.99. The number of carbonyl (C=O) groups is 1. The van der Waals surface area contributed by atoms with Gasteiger partial charge in [0.1, 0.15) is 0 Å². The van der Waals surface area contributed by atoms with Gasteiger partial charge in [-0.25, -0.2) is 4.79 Å². The number of piperidine rings is 1. The van der Waals surface area contributed by atoms with Crippen molar-refractivity contribution in [2.45, 2.75) is 32.2 Å². The third kappa shape index (κ3) is 4.11. The Labute approximate surface area is 97.3 Å². The summed E-state index contributed by atoms with van der Waals surface area (Å²) in [5.74, 6) is 2.76. The molecule has 0 aromatic heterocycles. The molecule has 1 atom stereocenters. The molecule has 0 saturated carbocycles. The summed E-state index contributed by atoms with van der Waals surface area (Å²) < 4.78 is 4.80. The lowest BCUT2D eigenvalue weighted by Crippen LogP contribution is -3.17. The van der Waals surface area contributed by atoms with Crippen molar-refractivity contribution in [3.63, 3.8) is 0 Å². The van der Waals surface area contributed by atoms with E-state index in [2.05, 4.69) is 11.2 Å². The van der Waals surface area contributed by atoms with Crippen LogP contribution in [0, 0.1) is 12.3 Å². The number of carbonyl (C=O) groups excluding carboxylic acids is 1. The van der Waals surface area contributed by atoms with Crippen LogP contribution in [-0.2, 0) is 4.74 Å². The Balaban J connectivity index is 2.31. The Morgan fingerprint density at radius 3 is 2.75 bits per heavy atom. The standard InChI is InChI=1S/C12H20N2O2/c1-3-11(10-13-12(15)16-4-2)14-8-6-5-7-9-14/h1,11H,4-10H2,2H3,(H,13,15)/p+1/t11-/m1/s1. The molecule has 0 bridgehead atoms. The van der Waals surface area contributed by atoms with Gasteiger partial charge in [0.25, 0.3) is 0 Å². The monoisotopic (exact) mass is 225 g/mol. The lowest BCUT2D eigenvalue weighted by atomic mass is 10.1. The van der Waals surface area contributed by atoms with Gasteiger partial charge in [0.2, 0.25) is 0 Å². The maximum atomic E-state index is 11.1. The Kier molecular flexibility index (Phi) is 5.73. The fraction of sp³-hybridized carbons (Fsp3) is 0.750. The van der Waals surface area contributed by atoms with E-state index in [9.17, 15) is 4.79 Å². The highest BCUT2D eigenvalue weighted by Crippen LogP contribution is 1.95. The topological polar surface area (TPSA) is 42.8 Å². The van der Waals surface area contributed by atoms with E-state index in [1.165, 1.54) is 24.2 Å². The maximum Gasteiger partial charge on any atom is 0.407 e. The molecule has 1 saturated heterocycles. The van der Waals surface area contributed by atoms with Gasteiger partial charge in [-0.3, -0.25) is 0 Å². The van der Waals surface area contributed by atoms with Crippen LogP contribution >= 0.6 is 0 Å². The van der Waals surface area contributed by atoms with Crippen molar-refractivity contribution in [1.29, 1.82) is 0 Å². The number of rotatable bonds is 4. The van der Waals surface area contributed by atoms with Crippen LogP contribution in [0.5, 0.6) is 0 Å². The van der Waals surface area contributed by atoms with E-state index < -0.39 is 0 Å². The van der Waals surface area contributed by atoms with Gasteiger partial charge in [-0.1, -0.05) is 0 Å². The predicted molar refractivity (Wildman–Crippen MR) is 62.2 cm³/mol. The number of terminal acetylenes is 1. The molecule has 0 aliphatic carbocycles. The number of nitrogens with one attached hydrogen (secondary N) is 2. The SMILES string of the molecule is C#C[C@H](CNC(=O)OCC)[NH+]1CCCCC1. The molecule has 90 valence electrons. The van der Waals surface area contributed by atoms with E-state index >= 15 is 0 Å². The van der Waals surface area contributed by atoms with Crippen molar-refractivity contribution < 1.29 is 14.4 Å². The zero-order chi connectivity index (χ0) is 11.8. The molecule has 1 amide bonds.